The summed E-state index contributed by atoms with van der Waals surface area (Å²) < 4.78 is 2.41. The summed E-state index contributed by atoms with van der Waals surface area (Å²) in [6, 6.07) is 60.2. The molecule has 0 spiro atoms. The molecule has 264 valence electrons. The maximum atomic E-state index is 5.16. The number of rotatable bonds is 5. The van der Waals surface area contributed by atoms with Gasteiger partial charge >= 0.3 is 0 Å². The summed E-state index contributed by atoms with van der Waals surface area (Å²) in [7, 11) is 0. The first-order valence-electron chi connectivity index (χ1n) is 19.0. The van der Waals surface area contributed by atoms with Gasteiger partial charge in [0, 0.05) is 33.2 Å². The van der Waals surface area contributed by atoms with E-state index in [1.54, 1.807) is 0 Å². The standard InChI is InChI=1S/C51H40N4/c1-50(2)41-27-13-11-25-39(41)45-42(51(50,3)4)29-30-44-46(45)40-26-12-14-28-43(40)55(44)38-24-16-23-37(32-38)49-53-47(34-19-9-6-10-20-34)52-48(54-49)36-22-15-21-35(31-36)33-17-7-5-8-18-33/h5-32H,1-4H3. The molecule has 0 aliphatic heterocycles. The van der Waals surface area contributed by atoms with Gasteiger partial charge in [0.15, 0.2) is 17.5 Å². The molecule has 2 heterocycles. The third-order valence-corrected chi connectivity index (χ3v) is 12.2. The van der Waals surface area contributed by atoms with Crippen molar-refractivity contribution in [1.29, 1.82) is 0 Å². The fourth-order valence-corrected chi connectivity index (χ4v) is 8.66. The average molecular weight is 709 g/mol. The Bertz CT molecular complexity index is 2920. The first-order valence-corrected chi connectivity index (χ1v) is 19.0. The summed E-state index contributed by atoms with van der Waals surface area (Å²) in [5.74, 6) is 1.91. The largest absolute Gasteiger partial charge is 0.309 e. The molecular weight excluding hydrogens is 669 g/mol. The molecule has 0 saturated heterocycles. The first-order chi connectivity index (χ1) is 26.8. The molecule has 0 unspecified atom stereocenters. The fraction of sp³-hybridized carbons (Fsp3) is 0.118. The van der Waals surface area contributed by atoms with Gasteiger partial charge in [-0.2, -0.15) is 0 Å². The molecule has 55 heavy (non-hydrogen) atoms. The molecule has 0 saturated carbocycles. The van der Waals surface area contributed by atoms with Crippen molar-refractivity contribution in [3.8, 4) is 62.1 Å². The van der Waals surface area contributed by atoms with Crippen molar-refractivity contribution < 1.29 is 0 Å². The van der Waals surface area contributed by atoms with E-state index in [-0.39, 0.29) is 10.8 Å². The van der Waals surface area contributed by atoms with Crippen LogP contribution >= 0.6 is 0 Å². The van der Waals surface area contributed by atoms with Gasteiger partial charge in [-0.1, -0.05) is 167 Å². The second-order valence-electron chi connectivity index (χ2n) is 15.7. The highest BCUT2D eigenvalue weighted by atomic mass is 15.0. The van der Waals surface area contributed by atoms with Crippen molar-refractivity contribution in [3.05, 3.63) is 181 Å². The van der Waals surface area contributed by atoms with Crippen LogP contribution in [0.2, 0.25) is 0 Å². The molecule has 0 amide bonds. The highest BCUT2D eigenvalue weighted by Gasteiger charge is 2.46. The highest BCUT2D eigenvalue weighted by molar-refractivity contribution is 6.17. The molecule has 4 heteroatoms. The van der Waals surface area contributed by atoms with E-state index in [1.807, 2.05) is 24.3 Å². The quantitative estimate of drug-likeness (QED) is 0.179. The van der Waals surface area contributed by atoms with Gasteiger partial charge in [0.1, 0.15) is 0 Å². The summed E-state index contributed by atoms with van der Waals surface area (Å²) in [6.07, 6.45) is 0. The number of benzene rings is 7. The Morgan fingerprint density at radius 3 is 1.69 bits per heavy atom. The van der Waals surface area contributed by atoms with Crippen LogP contribution in [-0.2, 0) is 10.8 Å². The van der Waals surface area contributed by atoms with Crippen LogP contribution in [0, 0.1) is 0 Å². The number of fused-ring (bicyclic) bond motifs is 7. The molecule has 0 radical (unpaired) electrons. The lowest BCUT2D eigenvalue weighted by Crippen LogP contribution is -2.43. The van der Waals surface area contributed by atoms with Crippen LogP contribution in [0.15, 0.2) is 170 Å². The number of nitrogens with zero attached hydrogens (tertiary/aromatic N) is 4. The highest BCUT2D eigenvalue weighted by Crippen LogP contribution is 2.56. The van der Waals surface area contributed by atoms with Crippen LogP contribution in [0.4, 0.5) is 0 Å². The minimum absolute atomic E-state index is 0.0398. The third-order valence-electron chi connectivity index (χ3n) is 12.2. The zero-order chi connectivity index (χ0) is 37.3. The Balaban J connectivity index is 1.17. The van der Waals surface area contributed by atoms with Gasteiger partial charge in [0.25, 0.3) is 0 Å². The van der Waals surface area contributed by atoms with Crippen LogP contribution < -0.4 is 0 Å². The van der Waals surface area contributed by atoms with Crippen LogP contribution in [0.5, 0.6) is 0 Å². The zero-order valence-corrected chi connectivity index (χ0v) is 31.5. The molecule has 1 aliphatic rings. The molecule has 0 atom stereocenters. The number of hydrogen-bond donors (Lipinski definition) is 0. The van der Waals surface area contributed by atoms with E-state index >= 15 is 0 Å². The Hall–Kier alpha value is -6.65. The van der Waals surface area contributed by atoms with Gasteiger partial charge in [-0.05, 0) is 74.5 Å². The summed E-state index contributed by atoms with van der Waals surface area (Å²) in [6.45, 7) is 9.59. The van der Waals surface area contributed by atoms with Gasteiger partial charge in [-0.3, -0.25) is 0 Å². The van der Waals surface area contributed by atoms with Crippen LogP contribution in [0.3, 0.4) is 0 Å². The lowest BCUT2D eigenvalue weighted by atomic mass is 9.55. The second-order valence-corrected chi connectivity index (χ2v) is 15.7. The van der Waals surface area contributed by atoms with Gasteiger partial charge in [0.2, 0.25) is 0 Å². The number of aromatic nitrogens is 4. The van der Waals surface area contributed by atoms with Crippen molar-refractivity contribution in [3.63, 3.8) is 0 Å². The van der Waals surface area contributed by atoms with E-state index in [0.717, 1.165) is 33.5 Å². The minimum Gasteiger partial charge on any atom is -0.309 e. The van der Waals surface area contributed by atoms with Gasteiger partial charge < -0.3 is 4.57 Å². The summed E-state index contributed by atoms with van der Waals surface area (Å²) in [5.41, 5.74) is 13.8. The normalized spacial score (nSPS) is 14.1. The summed E-state index contributed by atoms with van der Waals surface area (Å²) in [4.78, 5) is 15.3. The number of hydrogen-bond acceptors (Lipinski definition) is 3. The maximum absolute atomic E-state index is 5.16. The van der Waals surface area contributed by atoms with E-state index in [1.165, 1.54) is 44.1 Å². The van der Waals surface area contributed by atoms with Crippen LogP contribution in [-0.4, -0.2) is 19.5 Å². The summed E-state index contributed by atoms with van der Waals surface area (Å²) in [5, 5.41) is 2.54. The van der Waals surface area contributed by atoms with Gasteiger partial charge in [-0.15, -0.1) is 0 Å². The van der Waals surface area contributed by atoms with E-state index in [9.17, 15) is 0 Å². The lowest BCUT2D eigenvalue weighted by Gasteiger charge is -2.48. The van der Waals surface area contributed by atoms with Crippen molar-refractivity contribution in [1.82, 2.24) is 19.5 Å². The van der Waals surface area contributed by atoms with Crippen molar-refractivity contribution in [2.45, 2.75) is 38.5 Å². The fourth-order valence-electron chi connectivity index (χ4n) is 8.66. The lowest BCUT2D eigenvalue weighted by molar-refractivity contribution is 0.299. The van der Waals surface area contributed by atoms with Crippen molar-refractivity contribution in [2.24, 2.45) is 0 Å². The Kier molecular flexibility index (Phi) is 7.47. The maximum Gasteiger partial charge on any atom is 0.164 e. The van der Waals surface area contributed by atoms with Gasteiger partial charge in [-0.25, -0.2) is 15.0 Å². The van der Waals surface area contributed by atoms with E-state index in [2.05, 4.69) is 178 Å². The third kappa shape index (κ3) is 5.16. The molecule has 9 aromatic rings. The van der Waals surface area contributed by atoms with Crippen LogP contribution in [0.1, 0.15) is 38.8 Å². The van der Waals surface area contributed by atoms with E-state index < -0.39 is 0 Å². The Morgan fingerprint density at radius 2 is 0.945 bits per heavy atom. The predicted molar refractivity (Wildman–Crippen MR) is 227 cm³/mol. The average Bonchev–Trinajstić information content (AvgIpc) is 3.58. The monoisotopic (exact) mass is 708 g/mol. The van der Waals surface area contributed by atoms with E-state index in [4.69, 9.17) is 15.0 Å². The van der Waals surface area contributed by atoms with Crippen molar-refractivity contribution in [2.75, 3.05) is 0 Å². The minimum atomic E-state index is -0.0819. The molecular formula is C51H40N4. The molecule has 1 aliphatic carbocycles. The smallest absolute Gasteiger partial charge is 0.164 e. The molecule has 10 rings (SSSR count). The summed E-state index contributed by atoms with van der Waals surface area (Å²) >= 11 is 0. The topological polar surface area (TPSA) is 43.6 Å². The second kappa shape index (κ2) is 12.5. The molecule has 7 aromatic carbocycles. The van der Waals surface area contributed by atoms with Crippen molar-refractivity contribution >= 4 is 21.8 Å². The SMILES string of the molecule is CC1(C)c2ccccc2-c2c(ccc3c2c2ccccc2n3-c2cccc(-c3nc(-c4ccccc4)nc(-c4cccc(-c5ccccc5)c4)n3)c2)C1(C)C. The zero-order valence-electron chi connectivity index (χ0n) is 31.5. The molecule has 0 fully saturated rings. The molecule has 0 N–H and O–H groups in total. The van der Waals surface area contributed by atoms with E-state index in [0.29, 0.717) is 17.5 Å². The predicted octanol–water partition coefficient (Wildman–Crippen LogP) is 12.9. The molecule has 0 bridgehead atoms. The Morgan fingerprint density at radius 1 is 0.400 bits per heavy atom. The molecule has 2 aromatic heterocycles. The Labute approximate surface area is 321 Å². The molecule has 4 nitrogen and oxygen atoms in total. The first kappa shape index (κ1) is 33.0. The van der Waals surface area contributed by atoms with Crippen LogP contribution in [0.25, 0.3) is 83.9 Å². The number of para-hydroxylation sites is 1. The van der Waals surface area contributed by atoms with Gasteiger partial charge in [0.05, 0.1) is 11.0 Å².